The lowest BCUT2D eigenvalue weighted by Crippen LogP contribution is -2.66. The van der Waals surface area contributed by atoms with Crippen molar-refractivity contribution in [1.82, 2.24) is 5.32 Å². The first-order valence-electron chi connectivity index (χ1n) is 15.9. The van der Waals surface area contributed by atoms with Crippen molar-refractivity contribution in [3.63, 3.8) is 0 Å². The van der Waals surface area contributed by atoms with Crippen molar-refractivity contribution in [1.29, 1.82) is 0 Å². The molecule has 1 fully saturated rings. The molecule has 0 unspecified atom stereocenters. The Hall–Kier alpha value is -2.96. The van der Waals surface area contributed by atoms with Gasteiger partial charge in [-0.3, -0.25) is 8.98 Å². The molecule has 1 saturated carbocycles. The second-order valence-corrected chi connectivity index (χ2v) is 15.2. The van der Waals surface area contributed by atoms with Crippen molar-refractivity contribution in [2.24, 2.45) is 5.92 Å². The average molecular weight is 678 g/mol. The molecule has 3 atom stereocenters. The molecule has 250 valence electrons. The van der Waals surface area contributed by atoms with Crippen LogP contribution in [0.2, 0.25) is 0 Å². The summed E-state index contributed by atoms with van der Waals surface area (Å²) in [5.74, 6) is -1.71. The van der Waals surface area contributed by atoms with Gasteiger partial charge in [0.05, 0.1) is 6.61 Å². The smallest absolute Gasteiger partial charge is 0.377 e. The van der Waals surface area contributed by atoms with Gasteiger partial charge in [0, 0.05) is 47.1 Å². The average Bonchev–Trinajstić information content (AvgIpc) is 3.24. The molecule has 1 amide bonds. The Morgan fingerprint density at radius 2 is 1.76 bits per heavy atom. The van der Waals surface area contributed by atoms with Crippen LogP contribution in [0.4, 0.5) is 24.5 Å². The summed E-state index contributed by atoms with van der Waals surface area (Å²) in [4.78, 5) is 15.1. The van der Waals surface area contributed by atoms with E-state index in [1.54, 1.807) is 30.0 Å². The van der Waals surface area contributed by atoms with E-state index in [9.17, 15) is 26.4 Å². The Bertz CT molecular complexity index is 1670. The van der Waals surface area contributed by atoms with Crippen LogP contribution in [0.3, 0.4) is 0 Å². The number of halogens is 3. The van der Waals surface area contributed by atoms with Gasteiger partial charge in [-0.15, -0.1) is 11.8 Å². The lowest BCUT2D eigenvalue weighted by atomic mass is 9.62. The van der Waals surface area contributed by atoms with E-state index in [1.165, 1.54) is 38.2 Å². The Balaban J connectivity index is 1.27. The molecule has 0 spiro atoms. The van der Waals surface area contributed by atoms with Crippen LogP contribution >= 0.6 is 11.8 Å². The molecule has 5 rings (SSSR count). The van der Waals surface area contributed by atoms with E-state index in [2.05, 4.69) is 17.6 Å². The summed E-state index contributed by atoms with van der Waals surface area (Å²) in [7, 11) is -0.358. The van der Waals surface area contributed by atoms with Crippen molar-refractivity contribution < 1.29 is 30.6 Å². The lowest BCUT2D eigenvalue weighted by Gasteiger charge is -2.51. The van der Waals surface area contributed by atoms with Crippen LogP contribution < -0.4 is 15.5 Å². The highest BCUT2D eigenvalue weighted by atomic mass is 32.2. The van der Waals surface area contributed by atoms with Crippen molar-refractivity contribution in [2.75, 3.05) is 36.7 Å². The molecular weight excluding hydrogens is 636 g/mol. The summed E-state index contributed by atoms with van der Waals surface area (Å²) in [6.07, 6.45) is 2.65. The number of benzene rings is 3. The third kappa shape index (κ3) is 7.28. The topological polar surface area (TPSA) is 87.7 Å². The fourth-order valence-corrected chi connectivity index (χ4v) is 8.90. The number of carbonyl (C=O) groups excluding carboxylic acids is 1. The van der Waals surface area contributed by atoms with Crippen molar-refractivity contribution in [3.05, 3.63) is 60.2 Å². The molecule has 46 heavy (non-hydrogen) atoms. The fourth-order valence-electron chi connectivity index (χ4n) is 6.81. The number of nitrogens with one attached hydrogen (secondary N) is 2. The van der Waals surface area contributed by atoms with Gasteiger partial charge in [-0.05, 0) is 60.8 Å². The highest BCUT2D eigenvalue weighted by molar-refractivity contribution is 7.99. The minimum absolute atomic E-state index is 0.0629. The monoisotopic (exact) mass is 677 g/mol. The second kappa shape index (κ2) is 14.0. The van der Waals surface area contributed by atoms with Crippen LogP contribution in [0, 0.1) is 5.92 Å². The first-order valence-corrected chi connectivity index (χ1v) is 18.3. The summed E-state index contributed by atoms with van der Waals surface area (Å²) < 4.78 is 72.2. The van der Waals surface area contributed by atoms with Crippen molar-refractivity contribution >= 4 is 49.9 Å². The summed E-state index contributed by atoms with van der Waals surface area (Å²) in [5.41, 5.74) is 1.09. The van der Waals surface area contributed by atoms with E-state index in [0.29, 0.717) is 11.1 Å². The molecule has 0 saturated heterocycles. The van der Waals surface area contributed by atoms with E-state index in [4.69, 9.17) is 4.18 Å². The van der Waals surface area contributed by atoms with Crippen molar-refractivity contribution in [2.45, 2.75) is 85.8 Å². The number of thioether (sulfide) groups is 1. The number of anilines is 2. The Kier molecular flexibility index (Phi) is 10.5. The molecule has 2 N–H and O–H groups in total. The zero-order valence-electron chi connectivity index (χ0n) is 26.5. The number of alkyl halides is 3. The van der Waals surface area contributed by atoms with E-state index < -0.39 is 33.8 Å². The predicted octanol–water partition coefficient (Wildman–Crippen LogP) is 8.06. The first-order chi connectivity index (χ1) is 21.9. The third-order valence-corrected chi connectivity index (χ3v) is 11.5. The highest BCUT2D eigenvalue weighted by Gasteiger charge is 2.61. The van der Waals surface area contributed by atoms with E-state index in [0.717, 1.165) is 33.7 Å². The Morgan fingerprint density at radius 3 is 2.50 bits per heavy atom. The number of hydrogen-bond acceptors (Lipinski definition) is 7. The van der Waals surface area contributed by atoms with Crippen LogP contribution in [0.15, 0.2) is 64.4 Å². The summed E-state index contributed by atoms with van der Waals surface area (Å²) in [6.45, 7) is 2.05. The number of hydrogen-bond donors (Lipinski definition) is 2. The molecule has 7 nitrogen and oxygen atoms in total. The molecule has 1 aliphatic carbocycles. The predicted molar refractivity (Wildman–Crippen MR) is 178 cm³/mol. The molecule has 2 aliphatic rings. The van der Waals surface area contributed by atoms with Crippen LogP contribution in [0.5, 0.6) is 0 Å². The van der Waals surface area contributed by atoms with Gasteiger partial charge in [0.2, 0.25) is 0 Å². The molecule has 12 heteroatoms. The largest absolute Gasteiger partial charge is 0.471 e. The normalized spacial score (nSPS) is 20.5. The number of rotatable bonds is 15. The molecule has 0 bridgehead atoms. The van der Waals surface area contributed by atoms with Gasteiger partial charge in [-0.25, -0.2) is 0 Å². The maximum absolute atomic E-state index is 13.3. The number of fused-ring (bicyclic) bond motifs is 4. The lowest BCUT2D eigenvalue weighted by molar-refractivity contribution is -0.177. The molecule has 0 aromatic heterocycles. The zero-order chi connectivity index (χ0) is 33.1. The van der Waals surface area contributed by atoms with Gasteiger partial charge < -0.3 is 15.5 Å². The first kappa shape index (κ1) is 34.4. The van der Waals surface area contributed by atoms with Gasteiger partial charge in [0.15, 0.2) is 0 Å². The van der Waals surface area contributed by atoms with E-state index >= 15 is 0 Å². The van der Waals surface area contributed by atoms with Crippen LogP contribution in [-0.4, -0.2) is 52.6 Å². The SMILES string of the molecule is CCCCCCCCSc1ccc2c(c1)N[C@@]1(NC(=O)C(F)(F)F)C[C@H](CCOS(=O)(=O)c3cccc4c(N(C)C)cccc34)[C@@H]21. The van der Waals surface area contributed by atoms with Gasteiger partial charge in [0.1, 0.15) is 10.6 Å². The quantitative estimate of drug-likeness (QED) is 0.0956. The van der Waals surface area contributed by atoms with E-state index in [-0.39, 0.29) is 30.3 Å². The molecule has 3 aromatic carbocycles. The highest BCUT2D eigenvalue weighted by Crippen LogP contribution is 2.59. The number of carbonyl (C=O) groups is 1. The fraction of sp³-hybridized carbons (Fsp3) is 0.500. The van der Waals surface area contributed by atoms with Crippen LogP contribution in [-0.2, 0) is 19.1 Å². The van der Waals surface area contributed by atoms with Gasteiger partial charge in [-0.2, -0.15) is 21.6 Å². The molecule has 1 aliphatic heterocycles. The van der Waals surface area contributed by atoms with E-state index in [1.807, 2.05) is 49.3 Å². The van der Waals surface area contributed by atoms with Gasteiger partial charge >= 0.3 is 12.1 Å². The van der Waals surface area contributed by atoms with Gasteiger partial charge in [0.25, 0.3) is 10.1 Å². The second-order valence-electron chi connectivity index (χ2n) is 12.4. The maximum Gasteiger partial charge on any atom is 0.471 e. The van der Waals surface area contributed by atoms with Crippen LogP contribution in [0.25, 0.3) is 10.8 Å². The summed E-state index contributed by atoms with van der Waals surface area (Å²) >= 11 is 1.71. The minimum Gasteiger partial charge on any atom is -0.377 e. The van der Waals surface area contributed by atoms with Gasteiger partial charge in [-0.1, -0.05) is 69.4 Å². The minimum atomic E-state index is -5.03. The standard InChI is InChI=1S/C34H42F3N3O4S2/c1-4-5-6-7-8-9-20-45-24-16-17-27-28(21-24)38-33(39-32(41)34(35,36)37)22-23(31(27)33)18-19-44-46(42,43)30-15-11-12-25-26(30)13-10-14-29(25)40(2)3/h10-17,21,23,31,38H,4-9,18-20,22H2,1-3H3,(H,39,41)/t23-,31-,33+/m0/s1. The Labute approximate surface area is 273 Å². The number of unbranched alkanes of at least 4 members (excludes halogenated alkanes) is 5. The summed E-state index contributed by atoms with van der Waals surface area (Å²) in [5, 5.41) is 6.76. The van der Waals surface area contributed by atoms with Crippen LogP contribution in [0.1, 0.15) is 69.8 Å². The number of nitrogens with zero attached hydrogens (tertiary/aromatic N) is 1. The molecular formula is C34H42F3N3O4S2. The zero-order valence-corrected chi connectivity index (χ0v) is 28.1. The number of amides is 1. The maximum atomic E-state index is 13.3. The molecule has 1 heterocycles. The molecule has 0 radical (unpaired) electrons. The third-order valence-electron chi connectivity index (χ3n) is 9.00. The molecule has 3 aromatic rings. The van der Waals surface area contributed by atoms with Crippen molar-refractivity contribution in [3.8, 4) is 0 Å². The Morgan fingerprint density at radius 1 is 1.04 bits per heavy atom. The summed E-state index contributed by atoms with van der Waals surface area (Å²) in [6, 6.07) is 16.3.